The maximum Gasteiger partial charge on any atom is 0.269 e. The number of nitrogens with zero attached hydrogens (tertiary/aromatic N) is 1. The molecular weight excluding hydrogens is 385 g/mol. The van der Waals surface area contributed by atoms with Crippen molar-refractivity contribution in [2.75, 3.05) is 7.05 Å². The van der Waals surface area contributed by atoms with Gasteiger partial charge in [-0.2, -0.15) is 0 Å². The van der Waals surface area contributed by atoms with Gasteiger partial charge in [-0.05, 0) is 49.2 Å². The predicted octanol–water partition coefficient (Wildman–Crippen LogP) is 2.61. The first-order chi connectivity index (χ1) is 11.7. The van der Waals surface area contributed by atoms with Crippen molar-refractivity contribution in [1.29, 1.82) is 0 Å². The maximum atomic E-state index is 13.4. The van der Waals surface area contributed by atoms with Gasteiger partial charge in [-0.15, -0.1) is 12.4 Å². The zero-order chi connectivity index (χ0) is 18.8. The summed E-state index contributed by atoms with van der Waals surface area (Å²) in [6.07, 6.45) is 0.0446. The molecule has 2 aromatic carbocycles. The largest absolute Gasteiger partial charge is 0.324 e. The lowest BCUT2D eigenvalue weighted by Gasteiger charge is -2.16. The second-order valence-electron chi connectivity index (χ2n) is 5.58. The number of hydrogen-bond donors (Lipinski definition) is 2. The molecule has 0 aliphatic carbocycles. The molecule has 3 N–H and O–H groups in total. The van der Waals surface area contributed by atoms with Gasteiger partial charge in [0.2, 0.25) is 10.0 Å². The molecule has 26 heavy (non-hydrogen) atoms. The standard InChI is InChI=1S/C16H18FN3O4S.ClH/c1-10-7-11(3-5-14(10)17)15(18)9-12-8-13(20(21)22)4-6-16(12)25(23,24)19-2;/h3-8,15,19H,9,18H2,1-2H3;1H/t15-;/m0./s1. The Morgan fingerprint density at radius 2 is 1.92 bits per heavy atom. The molecule has 0 heterocycles. The van der Waals surface area contributed by atoms with E-state index in [0.29, 0.717) is 11.1 Å². The summed E-state index contributed by atoms with van der Waals surface area (Å²) in [5, 5.41) is 11.0. The van der Waals surface area contributed by atoms with Gasteiger partial charge in [-0.25, -0.2) is 17.5 Å². The van der Waals surface area contributed by atoms with E-state index >= 15 is 0 Å². The Labute approximate surface area is 157 Å². The van der Waals surface area contributed by atoms with Crippen molar-refractivity contribution >= 4 is 28.1 Å². The third-order valence-electron chi connectivity index (χ3n) is 3.86. The van der Waals surface area contributed by atoms with Crippen molar-refractivity contribution in [2.24, 2.45) is 5.73 Å². The van der Waals surface area contributed by atoms with Crippen LogP contribution in [0.5, 0.6) is 0 Å². The van der Waals surface area contributed by atoms with Gasteiger partial charge in [0.15, 0.2) is 0 Å². The topological polar surface area (TPSA) is 115 Å². The lowest BCUT2D eigenvalue weighted by atomic mass is 9.98. The number of non-ortho nitro benzene ring substituents is 1. The summed E-state index contributed by atoms with van der Waals surface area (Å²) >= 11 is 0. The molecule has 2 aromatic rings. The smallest absolute Gasteiger partial charge is 0.269 e. The van der Waals surface area contributed by atoms with Crippen LogP contribution in [0.2, 0.25) is 0 Å². The van der Waals surface area contributed by atoms with Crippen LogP contribution < -0.4 is 10.5 Å². The molecule has 142 valence electrons. The number of aryl methyl sites for hydroxylation is 1. The number of benzene rings is 2. The molecule has 0 radical (unpaired) electrons. The van der Waals surface area contributed by atoms with Gasteiger partial charge in [-0.3, -0.25) is 10.1 Å². The third-order valence-corrected chi connectivity index (χ3v) is 5.38. The van der Waals surface area contributed by atoms with E-state index in [4.69, 9.17) is 5.73 Å². The highest BCUT2D eigenvalue weighted by Crippen LogP contribution is 2.26. The highest BCUT2D eigenvalue weighted by Gasteiger charge is 2.22. The number of rotatable bonds is 6. The average Bonchev–Trinajstić information content (AvgIpc) is 2.56. The van der Waals surface area contributed by atoms with Crippen molar-refractivity contribution in [2.45, 2.75) is 24.3 Å². The summed E-state index contributed by atoms with van der Waals surface area (Å²) in [5.74, 6) is -0.371. The Bertz CT molecular complexity index is 922. The number of hydrogen-bond acceptors (Lipinski definition) is 5. The highest BCUT2D eigenvalue weighted by atomic mass is 35.5. The van der Waals surface area contributed by atoms with Crippen LogP contribution in [0, 0.1) is 22.9 Å². The molecule has 10 heteroatoms. The summed E-state index contributed by atoms with van der Waals surface area (Å²) in [4.78, 5) is 10.3. The van der Waals surface area contributed by atoms with Gasteiger partial charge in [0.1, 0.15) is 5.82 Å². The van der Waals surface area contributed by atoms with Gasteiger partial charge >= 0.3 is 0 Å². The number of nitrogens with two attached hydrogens (primary N) is 1. The highest BCUT2D eigenvalue weighted by molar-refractivity contribution is 7.89. The minimum absolute atomic E-state index is 0. The first-order valence-corrected chi connectivity index (χ1v) is 8.86. The summed E-state index contributed by atoms with van der Waals surface area (Å²) in [5.41, 5.74) is 7.13. The lowest BCUT2D eigenvalue weighted by molar-refractivity contribution is -0.385. The molecule has 7 nitrogen and oxygen atoms in total. The van der Waals surface area contributed by atoms with Crippen LogP contribution in [0.3, 0.4) is 0 Å². The van der Waals surface area contributed by atoms with Gasteiger partial charge in [0.05, 0.1) is 9.82 Å². The normalized spacial score (nSPS) is 12.3. The summed E-state index contributed by atoms with van der Waals surface area (Å²) in [6, 6.07) is 7.22. The van der Waals surface area contributed by atoms with Gasteiger partial charge < -0.3 is 5.73 Å². The van der Waals surface area contributed by atoms with Gasteiger partial charge in [0, 0.05) is 18.2 Å². The Balaban J connectivity index is 0.00000338. The second kappa shape index (κ2) is 8.54. The molecule has 0 aromatic heterocycles. The fraction of sp³-hybridized carbons (Fsp3) is 0.250. The number of nitrogens with one attached hydrogen (secondary N) is 1. The Morgan fingerprint density at radius 1 is 1.27 bits per heavy atom. The summed E-state index contributed by atoms with van der Waals surface area (Å²) in [6.45, 7) is 1.59. The van der Waals surface area contributed by atoms with E-state index in [1.807, 2.05) is 0 Å². The van der Waals surface area contributed by atoms with E-state index in [0.717, 1.165) is 6.07 Å². The predicted molar refractivity (Wildman–Crippen MR) is 98.4 cm³/mol. The molecule has 2 rings (SSSR count). The molecular formula is C16H19ClFN3O4S. The molecule has 0 unspecified atom stereocenters. The van der Waals surface area contributed by atoms with Crippen LogP contribution >= 0.6 is 12.4 Å². The Hall–Kier alpha value is -2.07. The van der Waals surface area contributed by atoms with Crippen molar-refractivity contribution in [3.05, 3.63) is 69.0 Å². The minimum atomic E-state index is -3.80. The molecule has 1 atom stereocenters. The quantitative estimate of drug-likeness (QED) is 0.568. The molecule has 0 bridgehead atoms. The van der Waals surface area contributed by atoms with Crippen LogP contribution in [0.15, 0.2) is 41.3 Å². The molecule has 0 aliphatic rings. The maximum absolute atomic E-state index is 13.4. The molecule has 0 aliphatic heterocycles. The molecule has 0 saturated heterocycles. The SMILES string of the molecule is CNS(=O)(=O)c1ccc([N+](=O)[O-])cc1C[C@H](N)c1ccc(F)c(C)c1.Cl. The number of halogens is 2. The van der Waals surface area contributed by atoms with E-state index in [-0.39, 0.29) is 40.8 Å². The van der Waals surface area contributed by atoms with Crippen molar-refractivity contribution < 1.29 is 17.7 Å². The van der Waals surface area contributed by atoms with Crippen LogP contribution in [-0.2, 0) is 16.4 Å². The van der Waals surface area contributed by atoms with Crippen molar-refractivity contribution in [3.8, 4) is 0 Å². The fourth-order valence-corrected chi connectivity index (χ4v) is 3.42. The number of nitro benzene ring substituents is 1. The van der Waals surface area contributed by atoms with Crippen LogP contribution in [0.4, 0.5) is 10.1 Å². The number of nitro groups is 1. The zero-order valence-electron chi connectivity index (χ0n) is 14.1. The van der Waals surface area contributed by atoms with E-state index in [9.17, 15) is 22.9 Å². The van der Waals surface area contributed by atoms with Crippen molar-refractivity contribution in [1.82, 2.24) is 4.72 Å². The molecule has 0 spiro atoms. The summed E-state index contributed by atoms with van der Waals surface area (Å²) in [7, 11) is -2.55. The zero-order valence-corrected chi connectivity index (χ0v) is 15.7. The fourth-order valence-electron chi connectivity index (χ4n) is 2.46. The second-order valence-corrected chi connectivity index (χ2v) is 7.43. The summed E-state index contributed by atoms with van der Waals surface area (Å²) < 4.78 is 39.9. The van der Waals surface area contributed by atoms with E-state index in [2.05, 4.69) is 4.72 Å². The Morgan fingerprint density at radius 3 is 2.46 bits per heavy atom. The van der Waals surface area contributed by atoms with Crippen LogP contribution in [0.25, 0.3) is 0 Å². The van der Waals surface area contributed by atoms with E-state index < -0.39 is 21.0 Å². The first-order valence-electron chi connectivity index (χ1n) is 7.38. The van der Waals surface area contributed by atoms with Crippen LogP contribution in [0.1, 0.15) is 22.7 Å². The van der Waals surface area contributed by atoms with Crippen LogP contribution in [-0.4, -0.2) is 20.4 Å². The van der Waals surface area contributed by atoms with Gasteiger partial charge in [-0.1, -0.05) is 12.1 Å². The molecule has 0 amide bonds. The van der Waals surface area contributed by atoms with E-state index in [1.165, 1.54) is 31.3 Å². The van der Waals surface area contributed by atoms with E-state index in [1.54, 1.807) is 13.0 Å². The lowest BCUT2D eigenvalue weighted by Crippen LogP contribution is -2.22. The van der Waals surface area contributed by atoms with Crippen molar-refractivity contribution in [3.63, 3.8) is 0 Å². The van der Waals surface area contributed by atoms with Gasteiger partial charge in [0.25, 0.3) is 5.69 Å². The first kappa shape index (κ1) is 22.0. The molecule has 0 saturated carbocycles. The average molecular weight is 404 g/mol. The Kier molecular flexibility index (Phi) is 7.22. The monoisotopic (exact) mass is 403 g/mol. The number of sulfonamides is 1. The molecule has 0 fully saturated rings. The third kappa shape index (κ3) is 4.76. The minimum Gasteiger partial charge on any atom is -0.324 e.